The Labute approximate surface area is 246 Å². The van der Waals surface area contributed by atoms with Crippen molar-refractivity contribution in [3.63, 3.8) is 0 Å². The predicted octanol–water partition coefficient (Wildman–Crippen LogP) is -1.41. The molecule has 1 aromatic rings. The Balaban J connectivity index is 2.37. The van der Waals surface area contributed by atoms with Gasteiger partial charge in [0.2, 0.25) is 11.8 Å². The van der Waals surface area contributed by atoms with Gasteiger partial charge in [-0.25, -0.2) is 10.0 Å². The van der Waals surface area contributed by atoms with Crippen LogP contribution in [0.3, 0.4) is 0 Å². The number of ether oxygens (including phenoxy) is 3. The Bertz CT molecular complexity index is 1020. The van der Waals surface area contributed by atoms with E-state index in [9.17, 15) is 24.0 Å². The predicted molar refractivity (Wildman–Crippen MR) is 154 cm³/mol. The van der Waals surface area contributed by atoms with E-state index in [1.165, 1.54) is 33.3 Å². The van der Waals surface area contributed by atoms with Crippen LogP contribution in [0.4, 0.5) is 11.4 Å². The number of hydrogen-bond donors (Lipinski definition) is 2. The molecule has 1 heterocycles. The first-order valence-electron chi connectivity index (χ1n) is 13.6. The van der Waals surface area contributed by atoms with Crippen LogP contribution in [0.2, 0.25) is 0 Å². The first-order chi connectivity index (χ1) is 20.1. The largest absolute Gasteiger partial charge is 0.468 e. The van der Waals surface area contributed by atoms with Crippen LogP contribution in [0.1, 0.15) is 6.92 Å². The molecule has 0 saturated carbocycles. The zero-order valence-electron chi connectivity index (χ0n) is 24.9. The Hall–Kier alpha value is -3.63. The summed E-state index contributed by atoms with van der Waals surface area (Å²) in [5.41, 5.74) is 6.49. The van der Waals surface area contributed by atoms with Crippen molar-refractivity contribution < 1.29 is 38.2 Å². The number of nitrogens with one attached hydrogen (secondary N) is 1. The van der Waals surface area contributed by atoms with Gasteiger partial charge in [-0.2, -0.15) is 0 Å². The van der Waals surface area contributed by atoms with E-state index in [-0.39, 0.29) is 38.0 Å². The summed E-state index contributed by atoms with van der Waals surface area (Å²) in [4.78, 5) is 66.8. The molecular weight excluding hydrogens is 550 g/mol. The summed E-state index contributed by atoms with van der Waals surface area (Å²) in [7, 11) is 3.97. The number of rotatable bonds is 10. The lowest BCUT2D eigenvalue weighted by Crippen LogP contribution is -2.54. The standard InChI is InChI=1S/C27H43N7O8/c1-21(35)34(23-7-5-22(6-8-23)29-24(36)17-28)33-15-13-31(19-26(38)41-3)11-9-30(18-25(37)40-2)10-12-32(14-16-33)20-27(39)42-4/h5-8H,9-20,28H2,1-4H3,(H,29,36). The minimum atomic E-state index is -0.407. The average Bonchev–Trinajstić information content (AvgIpc) is 2.98. The summed E-state index contributed by atoms with van der Waals surface area (Å²) < 4.78 is 14.6. The number of amides is 2. The molecule has 0 spiro atoms. The zero-order valence-corrected chi connectivity index (χ0v) is 24.9. The second kappa shape index (κ2) is 18.0. The molecule has 0 radical (unpaired) electrons. The minimum absolute atomic E-state index is 0.0283. The number of nitrogens with zero attached hydrogens (tertiary/aromatic N) is 5. The highest BCUT2D eigenvalue weighted by molar-refractivity contribution is 5.93. The van der Waals surface area contributed by atoms with Gasteiger partial charge in [-0.3, -0.25) is 38.7 Å². The first-order valence-corrected chi connectivity index (χ1v) is 13.6. The molecule has 0 aromatic heterocycles. The summed E-state index contributed by atoms with van der Waals surface area (Å²) in [6.07, 6.45) is 0. The third kappa shape index (κ3) is 11.7. The van der Waals surface area contributed by atoms with Crippen LogP contribution < -0.4 is 16.1 Å². The van der Waals surface area contributed by atoms with E-state index in [2.05, 4.69) is 5.32 Å². The number of methoxy groups -OCH3 is 3. The maximum atomic E-state index is 13.0. The molecule has 1 aromatic carbocycles. The lowest BCUT2D eigenvalue weighted by molar-refractivity contribution is -0.144. The topological polar surface area (TPSA) is 167 Å². The lowest BCUT2D eigenvalue weighted by Gasteiger charge is -2.38. The third-order valence-electron chi connectivity index (χ3n) is 6.72. The summed E-state index contributed by atoms with van der Waals surface area (Å²) in [6.45, 7) is 4.68. The van der Waals surface area contributed by atoms with Crippen LogP contribution in [-0.4, -0.2) is 149 Å². The number of benzene rings is 1. The van der Waals surface area contributed by atoms with Gasteiger partial charge in [0.1, 0.15) is 0 Å². The number of nitrogens with two attached hydrogens (primary N) is 1. The van der Waals surface area contributed by atoms with Gasteiger partial charge in [0, 0.05) is 65.0 Å². The zero-order chi connectivity index (χ0) is 31.1. The molecule has 3 N–H and O–H groups in total. The molecule has 2 rings (SSSR count). The fraction of sp³-hybridized carbons (Fsp3) is 0.593. The van der Waals surface area contributed by atoms with E-state index in [1.807, 2.05) is 19.7 Å². The van der Waals surface area contributed by atoms with Gasteiger partial charge < -0.3 is 25.3 Å². The van der Waals surface area contributed by atoms with E-state index in [4.69, 9.17) is 19.9 Å². The Morgan fingerprint density at radius 3 is 1.43 bits per heavy atom. The molecule has 42 heavy (non-hydrogen) atoms. The molecule has 1 saturated heterocycles. The van der Waals surface area contributed by atoms with E-state index >= 15 is 0 Å². The fourth-order valence-corrected chi connectivity index (χ4v) is 4.38. The number of anilines is 2. The molecular formula is C27H43N7O8. The second-order valence-corrected chi connectivity index (χ2v) is 9.64. The van der Waals surface area contributed by atoms with Gasteiger partial charge in [-0.1, -0.05) is 0 Å². The number of hydrogen-bond acceptors (Lipinski definition) is 13. The van der Waals surface area contributed by atoms with Crippen LogP contribution >= 0.6 is 0 Å². The number of esters is 3. The Morgan fingerprint density at radius 1 is 0.714 bits per heavy atom. The highest BCUT2D eigenvalue weighted by atomic mass is 16.5. The Morgan fingerprint density at radius 2 is 1.10 bits per heavy atom. The van der Waals surface area contributed by atoms with Gasteiger partial charge in [0.15, 0.2) is 0 Å². The highest BCUT2D eigenvalue weighted by Gasteiger charge is 2.25. The molecule has 0 aliphatic carbocycles. The summed E-state index contributed by atoms with van der Waals surface area (Å²) in [5, 5.41) is 6.07. The van der Waals surface area contributed by atoms with Gasteiger partial charge >= 0.3 is 17.9 Å². The summed E-state index contributed by atoms with van der Waals surface area (Å²) in [5.74, 6) is -1.79. The van der Waals surface area contributed by atoms with E-state index < -0.39 is 17.9 Å². The van der Waals surface area contributed by atoms with Crippen LogP contribution in [0.25, 0.3) is 0 Å². The van der Waals surface area contributed by atoms with Crippen molar-refractivity contribution in [2.24, 2.45) is 5.73 Å². The molecule has 1 aliphatic heterocycles. The van der Waals surface area contributed by atoms with Crippen molar-refractivity contribution in [1.29, 1.82) is 0 Å². The minimum Gasteiger partial charge on any atom is -0.468 e. The normalized spacial score (nSPS) is 16.4. The second-order valence-electron chi connectivity index (χ2n) is 9.64. The maximum absolute atomic E-state index is 13.0. The molecule has 15 heteroatoms. The fourth-order valence-electron chi connectivity index (χ4n) is 4.38. The quantitative estimate of drug-likeness (QED) is 0.240. The first kappa shape index (κ1) is 34.6. The molecule has 0 unspecified atom stereocenters. The van der Waals surface area contributed by atoms with Crippen LogP contribution in [0.5, 0.6) is 0 Å². The molecule has 0 bridgehead atoms. The van der Waals surface area contributed by atoms with Gasteiger partial charge in [-0.05, 0) is 24.3 Å². The molecule has 15 nitrogen and oxygen atoms in total. The van der Waals surface area contributed by atoms with E-state index in [0.29, 0.717) is 63.7 Å². The van der Waals surface area contributed by atoms with Crippen molar-refractivity contribution in [2.75, 3.05) is 110 Å². The SMILES string of the molecule is COC(=O)CN1CCN(CC(=O)OC)CCN(N(C(C)=O)c2ccc(NC(=O)CN)cc2)CCN(CC(=O)OC)CC1. The molecule has 234 valence electrons. The number of hydrazine groups is 1. The van der Waals surface area contributed by atoms with Crippen molar-refractivity contribution in [2.45, 2.75) is 6.92 Å². The van der Waals surface area contributed by atoms with Gasteiger partial charge in [0.25, 0.3) is 0 Å². The van der Waals surface area contributed by atoms with Crippen molar-refractivity contribution in [1.82, 2.24) is 19.7 Å². The molecule has 1 aliphatic rings. The summed E-state index contributed by atoms with van der Waals surface area (Å²) >= 11 is 0. The van der Waals surface area contributed by atoms with Crippen molar-refractivity contribution in [3.8, 4) is 0 Å². The number of carbonyl (C=O) groups excluding carboxylic acids is 5. The molecule has 0 atom stereocenters. The van der Waals surface area contributed by atoms with Crippen LogP contribution in [-0.2, 0) is 38.2 Å². The monoisotopic (exact) mass is 593 g/mol. The average molecular weight is 594 g/mol. The van der Waals surface area contributed by atoms with Gasteiger partial charge in [0.05, 0.1) is 53.2 Å². The van der Waals surface area contributed by atoms with Crippen molar-refractivity contribution in [3.05, 3.63) is 24.3 Å². The van der Waals surface area contributed by atoms with E-state index in [1.54, 1.807) is 24.3 Å². The lowest BCUT2D eigenvalue weighted by atomic mass is 10.2. The Kier molecular flexibility index (Phi) is 14.8. The smallest absolute Gasteiger partial charge is 0.319 e. The number of carbonyl (C=O) groups is 5. The van der Waals surface area contributed by atoms with Crippen LogP contribution in [0.15, 0.2) is 24.3 Å². The van der Waals surface area contributed by atoms with E-state index in [0.717, 1.165) is 0 Å². The third-order valence-corrected chi connectivity index (χ3v) is 6.72. The van der Waals surface area contributed by atoms with Crippen LogP contribution in [0, 0.1) is 0 Å². The summed E-state index contributed by atoms with van der Waals surface area (Å²) in [6, 6.07) is 6.79. The maximum Gasteiger partial charge on any atom is 0.319 e. The highest BCUT2D eigenvalue weighted by Crippen LogP contribution is 2.21. The molecule has 1 fully saturated rings. The molecule has 2 amide bonds. The van der Waals surface area contributed by atoms with Crippen molar-refractivity contribution >= 4 is 41.1 Å². The van der Waals surface area contributed by atoms with Gasteiger partial charge in [-0.15, -0.1) is 0 Å².